The van der Waals surface area contributed by atoms with Gasteiger partial charge in [0.05, 0.1) is 17.2 Å². The van der Waals surface area contributed by atoms with Gasteiger partial charge < -0.3 is 9.84 Å². The Balaban J connectivity index is 2.25. The number of hydrogen-bond donors (Lipinski definition) is 2. The fourth-order valence-electron chi connectivity index (χ4n) is 2.23. The molecule has 1 fully saturated rings. The van der Waals surface area contributed by atoms with Crippen LogP contribution in [-0.2, 0) is 21.4 Å². The van der Waals surface area contributed by atoms with E-state index in [4.69, 9.17) is 27.9 Å². The second kappa shape index (κ2) is 6.40. The maximum absolute atomic E-state index is 12.4. The largest absolute Gasteiger partial charge is 0.392 e. The van der Waals surface area contributed by atoms with Gasteiger partial charge in [-0.3, -0.25) is 0 Å². The van der Waals surface area contributed by atoms with Crippen LogP contribution in [-0.4, -0.2) is 32.3 Å². The van der Waals surface area contributed by atoms with E-state index in [2.05, 4.69) is 4.72 Å². The Labute approximate surface area is 134 Å². The first kappa shape index (κ1) is 17.0. The molecule has 0 aromatic heterocycles. The first-order valence-electron chi connectivity index (χ1n) is 6.50. The van der Waals surface area contributed by atoms with Crippen LogP contribution in [0, 0.1) is 0 Å². The maximum atomic E-state index is 12.4. The van der Waals surface area contributed by atoms with Gasteiger partial charge in [0.25, 0.3) is 0 Å². The Kier molecular flexibility index (Phi) is 5.18. The highest BCUT2D eigenvalue weighted by Gasteiger charge is 2.32. The number of aliphatic hydroxyl groups is 1. The monoisotopic (exact) mass is 353 g/mol. The molecule has 1 atom stereocenters. The second-order valence-electron chi connectivity index (χ2n) is 5.26. The van der Waals surface area contributed by atoms with E-state index in [-0.39, 0.29) is 33.7 Å². The van der Waals surface area contributed by atoms with Crippen molar-refractivity contribution in [3.05, 3.63) is 27.7 Å². The fourth-order valence-corrected chi connectivity index (χ4v) is 4.31. The van der Waals surface area contributed by atoms with Gasteiger partial charge in [0.2, 0.25) is 10.0 Å². The summed E-state index contributed by atoms with van der Waals surface area (Å²) in [5.74, 6) is 0. The number of rotatable bonds is 5. The van der Waals surface area contributed by atoms with E-state index in [1.165, 1.54) is 12.1 Å². The third-order valence-corrected chi connectivity index (χ3v) is 5.68. The minimum absolute atomic E-state index is 0.0214. The summed E-state index contributed by atoms with van der Waals surface area (Å²) in [6, 6.07) is 2.70. The molecule has 118 valence electrons. The number of halogens is 2. The Hall–Kier alpha value is -0.370. The molecular formula is C13H17Cl2NO4S. The molecule has 1 heterocycles. The van der Waals surface area contributed by atoms with Crippen molar-refractivity contribution in [2.75, 3.05) is 13.2 Å². The molecule has 0 amide bonds. The summed E-state index contributed by atoms with van der Waals surface area (Å²) in [5.41, 5.74) is -0.231. The highest BCUT2D eigenvalue weighted by Crippen LogP contribution is 2.30. The van der Waals surface area contributed by atoms with Crippen LogP contribution in [0.4, 0.5) is 0 Å². The van der Waals surface area contributed by atoms with E-state index < -0.39 is 15.6 Å². The van der Waals surface area contributed by atoms with Gasteiger partial charge >= 0.3 is 0 Å². The summed E-state index contributed by atoms with van der Waals surface area (Å²) in [6.07, 6.45) is 1.70. The normalized spacial score (nSPS) is 22.7. The SMILES string of the molecule is CC1(CNS(=O)(=O)c2cc(Cl)cc(CO)c2Cl)CCCO1. The van der Waals surface area contributed by atoms with Crippen molar-refractivity contribution in [2.24, 2.45) is 0 Å². The second-order valence-corrected chi connectivity index (χ2v) is 7.81. The fraction of sp³-hybridized carbons (Fsp3) is 0.538. The quantitative estimate of drug-likeness (QED) is 0.851. The molecular weight excluding hydrogens is 337 g/mol. The molecule has 1 unspecified atom stereocenters. The molecule has 0 bridgehead atoms. The van der Waals surface area contributed by atoms with Crippen molar-refractivity contribution in [1.82, 2.24) is 4.72 Å². The van der Waals surface area contributed by atoms with Crippen molar-refractivity contribution in [2.45, 2.75) is 36.9 Å². The molecule has 2 N–H and O–H groups in total. The van der Waals surface area contributed by atoms with Gasteiger partial charge in [-0.1, -0.05) is 23.2 Å². The minimum atomic E-state index is -3.83. The zero-order chi connectivity index (χ0) is 15.7. The van der Waals surface area contributed by atoms with Gasteiger partial charge in [-0.05, 0) is 37.5 Å². The van der Waals surface area contributed by atoms with E-state index in [0.717, 1.165) is 12.8 Å². The molecule has 0 spiro atoms. The maximum Gasteiger partial charge on any atom is 0.242 e. The predicted molar refractivity (Wildman–Crippen MR) is 81.2 cm³/mol. The van der Waals surface area contributed by atoms with Crippen LogP contribution in [0.2, 0.25) is 10.0 Å². The minimum Gasteiger partial charge on any atom is -0.392 e. The summed E-state index contributed by atoms with van der Waals surface area (Å²) < 4.78 is 32.8. The van der Waals surface area contributed by atoms with Crippen molar-refractivity contribution in [1.29, 1.82) is 0 Å². The highest BCUT2D eigenvalue weighted by atomic mass is 35.5. The number of hydrogen-bond acceptors (Lipinski definition) is 4. The third-order valence-electron chi connectivity index (χ3n) is 3.48. The van der Waals surface area contributed by atoms with Crippen molar-refractivity contribution < 1.29 is 18.3 Å². The topological polar surface area (TPSA) is 75.6 Å². The first-order chi connectivity index (χ1) is 9.77. The van der Waals surface area contributed by atoms with Crippen LogP contribution in [0.15, 0.2) is 17.0 Å². The summed E-state index contributed by atoms with van der Waals surface area (Å²) >= 11 is 11.9. The number of nitrogens with one attached hydrogen (secondary N) is 1. The Morgan fingerprint density at radius 1 is 1.43 bits per heavy atom. The lowest BCUT2D eigenvalue weighted by Crippen LogP contribution is -2.40. The summed E-state index contributed by atoms with van der Waals surface area (Å²) in [7, 11) is -3.83. The van der Waals surface area contributed by atoms with Gasteiger partial charge in [-0.15, -0.1) is 0 Å². The van der Waals surface area contributed by atoms with Gasteiger partial charge in [0.1, 0.15) is 4.90 Å². The van der Waals surface area contributed by atoms with E-state index in [1.54, 1.807) is 0 Å². The Morgan fingerprint density at radius 2 is 2.14 bits per heavy atom. The molecule has 21 heavy (non-hydrogen) atoms. The van der Waals surface area contributed by atoms with Crippen LogP contribution in [0.3, 0.4) is 0 Å². The van der Waals surface area contributed by atoms with Crippen LogP contribution >= 0.6 is 23.2 Å². The van der Waals surface area contributed by atoms with E-state index in [1.807, 2.05) is 6.92 Å². The molecule has 0 saturated carbocycles. The van der Waals surface area contributed by atoms with Crippen LogP contribution < -0.4 is 4.72 Å². The molecule has 0 aliphatic carbocycles. The van der Waals surface area contributed by atoms with Gasteiger partial charge in [-0.25, -0.2) is 13.1 Å². The van der Waals surface area contributed by atoms with Crippen LogP contribution in [0.1, 0.15) is 25.3 Å². The van der Waals surface area contributed by atoms with Crippen molar-refractivity contribution in [3.8, 4) is 0 Å². The summed E-state index contributed by atoms with van der Waals surface area (Å²) in [4.78, 5) is -0.137. The standard InChI is InChI=1S/C13H17Cl2NO4S/c1-13(3-2-4-20-13)8-16-21(18,19)11-6-10(14)5-9(7-17)12(11)15/h5-6,16-17H,2-4,7-8H2,1H3. The van der Waals surface area contributed by atoms with E-state index in [0.29, 0.717) is 6.61 Å². The number of benzene rings is 1. The van der Waals surface area contributed by atoms with Crippen LogP contribution in [0.5, 0.6) is 0 Å². The molecule has 0 radical (unpaired) electrons. The average molecular weight is 354 g/mol. The third kappa shape index (κ3) is 3.88. The van der Waals surface area contributed by atoms with Gasteiger partial charge in [0.15, 0.2) is 0 Å². The van der Waals surface area contributed by atoms with Crippen LogP contribution in [0.25, 0.3) is 0 Å². The lowest BCUT2D eigenvalue weighted by Gasteiger charge is -2.23. The molecule has 5 nitrogen and oxygen atoms in total. The van der Waals surface area contributed by atoms with Gasteiger partial charge in [0, 0.05) is 18.2 Å². The molecule has 1 aliphatic rings. The summed E-state index contributed by atoms with van der Waals surface area (Å²) in [6.45, 7) is 2.27. The zero-order valence-corrected chi connectivity index (χ0v) is 13.9. The van der Waals surface area contributed by atoms with E-state index in [9.17, 15) is 13.5 Å². The number of ether oxygens (including phenoxy) is 1. The van der Waals surface area contributed by atoms with Crippen molar-refractivity contribution in [3.63, 3.8) is 0 Å². The average Bonchev–Trinajstić information content (AvgIpc) is 2.86. The van der Waals surface area contributed by atoms with Crippen molar-refractivity contribution >= 4 is 33.2 Å². The molecule has 1 saturated heterocycles. The molecule has 1 aromatic rings. The lowest BCUT2D eigenvalue weighted by atomic mass is 10.0. The summed E-state index contributed by atoms with van der Waals surface area (Å²) in [5, 5.41) is 9.38. The number of aliphatic hydroxyl groups excluding tert-OH is 1. The Morgan fingerprint density at radius 3 is 2.71 bits per heavy atom. The van der Waals surface area contributed by atoms with E-state index >= 15 is 0 Å². The molecule has 1 aliphatic heterocycles. The molecule has 8 heteroatoms. The van der Waals surface area contributed by atoms with Gasteiger partial charge in [-0.2, -0.15) is 0 Å². The highest BCUT2D eigenvalue weighted by molar-refractivity contribution is 7.89. The Bertz CT molecular complexity index is 627. The molecule has 1 aromatic carbocycles. The first-order valence-corrected chi connectivity index (χ1v) is 8.74. The lowest BCUT2D eigenvalue weighted by molar-refractivity contribution is 0.0250. The number of sulfonamides is 1. The molecule has 2 rings (SSSR count). The predicted octanol–water partition coefficient (Wildman–Crippen LogP) is 2.33. The zero-order valence-electron chi connectivity index (χ0n) is 11.5. The smallest absolute Gasteiger partial charge is 0.242 e.